The van der Waals surface area contributed by atoms with E-state index >= 15 is 0 Å². The van der Waals surface area contributed by atoms with Gasteiger partial charge >= 0.3 is 0 Å². The molecule has 1 aliphatic rings. The van der Waals surface area contributed by atoms with E-state index in [1.807, 2.05) is 0 Å². The molecule has 4 nitrogen and oxygen atoms in total. The largest absolute Gasteiger partial charge is 0.378 e. The number of hydrogen-bond acceptors (Lipinski definition) is 4. The first-order valence-corrected chi connectivity index (χ1v) is 9.41. The molecule has 0 aromatic heterocycles. The van der Waals surface area contributed by atoms with Crippen molar-refractivity contribution in [3.05, 3.63) is 0 Å². The van der Waals surface area contributed by atoms with Crippen molar-refractivity contribution in [2.75, 3.05) is 24.7 Å². The van der Waals surface area contributed by atoms with E-state index in [1.54, 1.807) is 6.92 Å². The molecule has 1 rings (SSSR count). The van der Waals surface area contributed by atoms with Crippen molar-refractivity contribution in [1.29, 1.82) is 0 Å². The highest BCUT2D eigenvalue weighted by molar-refractivity contribution is 7.91. The van der Waals surface area contributed by atoms with Gasteiger partial charge in [-0.3, -0.25) is 0 Å². The fourth-order valence-corrected chi connectivity index (χ4v) is 3.84. The Morgan fingerprint density at radius 3 is 2.63 bits per heavy atom. The molecule has 1 aliphatic heterocycles. The summed E-state index contributed by atoms with van der Waals surface area (Å²) in [6, 6.07) is 0.393. The summed E-state index contributed by atoms with van der Waals surface area (Å²) in [6.07, 6.45) is 4.15. The van der Waals surface area contributed by atoms with Gasteiger partial charge in [-0.1, -0.05) is 20.8 Å². The Hall–Kier alpha value is -0.130. The van der Waals surface area contributed by atoms with Crippen LogP contribution in [0.2, 0.25) is 0 Å². The van der Waals surface area contributed by atoms with E-state index in [0.29, 0.717) is 23.8 Å². The first kappa shape index (κ1) is 16.9. The Morgan fingerprint density at radius 2 is 2.05 bits per heavy atom. The zero-order chi connectivity index (χ0) is 14.3. The SMILES string of the molecule is CCNC(CCCS(=O)(=O)CC)C1CCOC1CC. The van der Waals surface area contributed by atoms with Crippen LogP contribution in [0, 0.1) is 5.92 Å². The number of sulfone groups is 1. The van der Waals surface area contributed by atoms with Crippen LogP contribution >= 0.6 is 0 Å². The highest BCUT2D eigenvalue weighted by Gasteiger charge is 2.32. The molecule has 5 heteroatoms. The summed E-state index contributed by atoms with van der Waals surface area (Å²) < 4.78 is 28.8. The average molecular weight is 291 g/mol. The van der Waals surface area contributed by atoms with Gasteiger partial charge in [0.2, 0.25) is 0 Å². The molecule has 1 fully saturated rings. The highest BCUT2D eigenvalue weighted by atomic mass is 32.2. The fourth-order valence-electron chi connectivity index (χ4n) is 2.94. The standard InChI is InChI=1S/C14H29NO3S/c1-4-14-12(9-10-18-14)13(15-5-2)8-7-11-19(16,17)6-3/h12-15H,4-11H2,1-3H3. The summed E-state index contributed by atoms with van der Waals surface area (Å²) in [5, 5.41) is 3.52. The molecule has 0 aliphatic carbocycles. The molecule has 0 saturated carbocycles. The summed E-state index contributed by atoms with van der Waals surface area (Å²) >= 11 is 0. The topological polar surface area (TPSA) is 55.4 Å². The van der Waals surface area contributed by atoms with E-state index in [2.05, 4.69) is 19.2 Å². The summed E-state index contributed by atoms with van der Waals surface area (Å²) in [5.74, 6) is 1.10. The maximum Gasteiger partial charge on any atom is 0.150 e. The number of hydrogen-bond donors (Lipinski definition) is 1. The number of ether oxygens (including phenoxy) is 1. The predicted molar refractivity (Wildman–Crippen MR) is 79.2 cm³/mol. The van der Waals surface area contributed by atoms with Gasteiger partial charge in [-0.2, -0.15) is 0 Å². The third-order valence-corrected chi connectivity index (χ3v) is 5.85. The Bertz CT molecular complexity index is 343. The number of rotatable bonds is 9. The van der Waals surface area contributed by atoms with E-state index in [4.69, 9.17) is 4.74 Å². The Labute approximate surface area is 118 Å². The second-order valence-corrected chi connectivity index (χ2v) is 7.79. The van der Waals surface area contributed by atoms with Gasteiger partial charge in [0.25, 0.3) is 0 Å². The van der Waals surface area contributed by atoms with Crippen LogP contribution in [0.3, 0.4) is 0 Å². The third-order valence-electron chi connectivity index (χ3n) is 4.06. The lowest BCUT2D eigenvalue weighted by Crippen LogP contribution is -2.40. The smallest absolute Gasteiger partial charge is 0.150 e. The minimum absolute atomic E-state index is 0.253. The molecule has 3 unspecified atom stereocenters. The second-order valence-electron chi connectivity index (χ2n) is 5.31. The molecule has 1 heterocycles. The number of nitrogens with one attached hydrogen (secondary N) is 1. The zero-order valence-corrected chi connectivity index (χ0v) is 13.3. The monoisotopic (exact) mass is 291 g/mol. The van der Waals surface area contributed by atoms with E-state index in [1.165, 1.54) is 0 Å². The van der Waals surface area contributed by atoms with Crippen LogP contribution in [-0.4, -0.2) is 45.2 Å². The van der Waals surface area contributed by atoms with Gasteiger partial charge in [0.15, 0.2) is 0 Å². The fraction of sp³-hybridized carbons (Fsp3) is 1.00. The molecule has 0 amide bonds. The van der Waals surface area contributed by atoms with Gasteiger partial charge in [-0.15, -0.1) is 0 Å². The maximum absolute atomic E-state index is 11.5. The van der Waals surface area contributed by atoms with E-state index in [-0.39, 0.29) is 5.75 Å². The average Bonchev–Trinajstić information content (AvgIpc) is 2.85. The third kappa shape index (κ3) is 5.40. The minimum Gasteiger partial charge on any atom is -0.378 e. The van der Waals surface area contributed by atoms with Crippen molar-refractivity contribution in [2.45, 2.75) is 58.6 Å². The van der Waals surface area contributed by atoms with Crippen LogP contribution < -0.4 is 5.32 Å². The molecule has 0 radical (unpaired) electrons. The van der Waals surface area contributed by atoms with Gasteiger partial charge in [-0.25, -0.2) is 8.42 Å². The van der Waals surface area contributed by atoms with Crippen molar-refractivity contribution in [3.63, 3.8) is 0 Å². The van der Waals surface area contributed by atoms with Crippen LogP contribution in [0.4, 0.5) is 0 Å². The Balaban J connectivity index is 2.48. The molecule has 3 atom stereocenters. The van der Waals surface area contributed by atoms with Gasteiger partial charge in [0.1, 0.15) is 9.84 Å². The molecule has 19 heavy (non-hydrogen) atoms. The van der Waals surface area contributed by atoms with E-state index in [9.17, 15) is 8.42 Å². The first-order chi connectivity index (χ1) is 9.04. The van der Waals surface area contributed by atoms with Gasteiger partial charge in [-0.05, 0) is 32.2 Å². The normalized spacial score (nSPS) is 25.6. The lowest BCUT2D eigenvalue weighted by atomic mass is 9.88. The van der Waals surface area contributed by atoms with E-state index < -0.39 is 9.84 Å². The molecule has 114 valence electrons. The molecule has 0 spiro atoms. The summed E-state index contributed by atoms with van der Waals surface area (Å²) in [6.45, 7) is 7.76. The van der Waals surface area contributed by atoms with Crippen molar-refractivity contribution < 1.29 is 13.2 Å². The lowest BCUT2D eigenvalue weighted by molar-refractivity contribution is 0.0766. The molecular formula is C14H29NO3S. The molecule has 1 N–H and O–H groups in total. The first-order valence-electron chi connectivity index (χ1n) is 7.59. The van der Waals surface area contributed by atoms with Crippen molar-refractivity contribution in [3.8, 4) is 0 Å². The van der Waals surface area contributed by atoms with Crippen LogP contribution in [0.25, 0.3) is 0 Å². The summed E-state index contributed by atoms with van der Waals surface area (Å²) in [4.78, 5) is 0. The van der Waals surface area contributed by atoms with E-state index in [0.717, 1.165) is 38.8 Å². The van der Waals surface area contributed by atoms with Crippen molar-refractivity contribution >= 4 is 9.84 Å². The van der Waals surface area contributed by atoms with Crippen LogP contribution in [0.15, 0.2) is 0 Å². The van der Waals surface area contributed by atoms with Gasteiger partial charge < -0.3 is 10.1 Å². The Morgan fingerprint density at radius 1 is 1.32 bits per heavy atom. The zero-order valence-electron chi connectivity index (χ0n) is 12.5. The molecule has 0 aromatic carbocycles. The second kappa shape index (κ2) is 8.22. The van der Waals surface area contributed by atoms with Crippen LogP contribution in [0.5, 0.6) is 0 Å². The lowest BCUT2D eigenvalue weighted by Gasteiger charge is -2.28. The molecular weight excluding hydrogens is 262 g/mol. The van der Waals surface area contributed by atoms with Crippen molar-refractivity contribution in [2.24, 2.45) is 5.92 Å². The quantitative estimate of drug-likeness (QED) is 0.706. The summed E-state index contributed by atoms with van der Waals surface area (Å²) in [5.41, 5.74) is 0. The maximum atomic E-state index is 11.5. The van der Waals surface area contributed by atoms with Crippen molar-refractivity contribution in [1.82, 2.24) is 5.32 Å². The molecule has 1 saturated heterocycles. The molecule has 0 aromatic rings. The van der Waals surface area contributed by atoms with Gasteiger partial charge in [0.05, 0.1) is 11.9 Å². The predicted octanol–water partition coefficient (Wildman–Crippen LogP) is 1.99. The Kier molecular flexibility index (Phi) is 7.32. The summed E-state index contributed by atoms with van der Waals surface area (Å²) in [7, 11) is -2.83. The van der Waals surface area contributed by atoms with Crippen LogP contribution in [-0.2, 0) is 14.6 Å². The minimum atomic E-state index is -2.83. The molecule has 0 bridgehead atoms. The van der Waals surface area contributed by atoms with Crippen LogP contribution in [0.1, 0.15) is 46.5 Å². The highest BCUT2D eigenvalue weighted by Crippen LogP contribution is 2.28. The van der Waals surface area contributed by atoms with Gasteiger partial charge in [0, 0.05) is 24.3 Å².